The number of methoxy groups -OCH3 is 1. The SMILES string of the molecule is C#CO[C@@H]1[C@@H](OCC)[C@@H](OC)[C@H](O[C@@H]2CC3C=CC4C5CC(=O)O[C@@H](/C=C/CC)CCC[C@H](OC6CC[C@H](N(C)C)[C@@H](C)O6)[C@@H](C)C(=O)C5=CC4C3C2)O[C@H]1C. The van der Waals surface area contributed by atoms with E-state index in [0.29, 0.717) is 25.5 Å². The number of carbonyl (C=O) groups excluding carboxylic acids is 2. The van der Waals surface area contributed by atoms with Crippen molar-refractivity contribution in [2.45, 2.75) is 160 Å². The fourth-order valence-electron chi connectivity index (χ4n) is 10.5. The molecule has 11 heteroatoms. The van der Waals surface area contributed by atoms with E-state index in [1.165, 1.54) is 0 Å². The molecule has 1 saturated carbocycles. The summed E-state index contributed by atoms with van der Waals surface area (Å²) in [6, 6.07) is 0.323. The van der Waals surface area contributed by atoms with Crippen molar-refractivity contribution in [2.24, 2.45) is 35.5 Å². The number of hydrogen-bond donors (Lipinski definition) is 0. The Morgan fingerprint density at radius 2 is 1.75 bits per heavy atom. The second kappa shape index (κ2) is 19.5. The van der Waals surface area contributed by atoms with Gasteiger partial charge in [-0.3, -0.25) is 9.59 Å². The lowest BCUT2D eigenvalue weighted by Gasteiger charge is -2.44. The van der Waals surface area contributed by atoms with Gasteiger partial charge in [-0.15, -0.1) is 0 Å². The fraction of sp³-hybridized carbons (Fsp3) is 0.778. The lowest BCUT2D eigenvalue weighted by Crippen LogP contribution is -2.60. The van der Waals surface area contributed by atoms with Crippen LogP contribution in [0.1, 0.15) is 92.4 Å². The number of terminal acetylenes is 1. The van der Waals surface area contributed by atoms with Gasteiger partial charge in [0.05, 0.1) is 30.8 Å². The number of nitrogens with zero attached hydrogens (tertiary/aromatic N) is 1. The van der Waals surface area contributed by atoms with Crippen LogP contribution < -0.4 is 0 Å². The molecule has 0 spiro atoms. The van der Waals surface area contributed by atoms with Crippen molar-refractivity contribution in [2.75, 3.05) is 27.8 Å². The molecule has 6 aliphatic rings. The number of ether oxygens (including phenoxy) is 8. The van der Waals surface area contributed by atoms with Crippen LogP contribution in [0.2, 0.25) is 0 Å². The summed E-state index contributed by atoms with van der Waals surface area (Å²) in [5.74, 6) is -0.272. The molecule has 11 nitrogen and oxygen atoms in total. The van der Waals surface area contributed by atoms with E-state index in [9.17, 15) is 9.59 Å². The molecular weight excluding hydrogens is 714 g/mol. The number of rotatable bonds is 11. The van der Waals surface area contributed by atoms with Crippen LogP contribution in [0, 0.1) is 48.0 Å². The first-order valence-corrected chi connectivity index (χ1v) is 21.3. The van der Waals surface area contributed by atoms with Crippen molar-refractivity contribution in [3.63, 3.8) is 0 Å². The number of likely N-dealkylation sites (N-methyl/N-ethyl adjacent to an activating group) is 1. The Kier molecular flexibility index (Phi) is 15.0. The van der Waals surface area contributed by atoms with Crippen LogP contribution >= 0.6 is 0 Å². The molecule has 6 unspecified atom stereocenters. The quantitative estimate of drug-likeness (QED) is 0.132. The largest absolute Gasteiger partial charge is 0.458 e. The van der Waals surface area contributed by atoms with E-state index < -0.39 is 30.5 Å². The average molecular weight is 782 g/mol. The number of Topliss-reactive ketones (excluding diaryl/α,β-unsaturated/α-hetero) is 1. The Morgan fingerprint density at radius 3 is 2.45 bits per heavy atom. The molecule has 3 heterocycles. The van der Waals surface area contributed by atoms with Gasteiger partial charge in [0.15, 0.2) is 24.5 Å². The third kappa shape index (κ3) is 9.49. The van der Waals surface area contributed by atoms with E-state index in [2.05, 4.69) is 63.3 Å². The molecule has 0 bridgehead atoms. The molecule has 3 aliphatic carbocycles. The van der Waals surface area contributed by atoms with Gasteiger partial charge < -0.3 is 42.8 Å². The topological polar surface area (TPSA) is 111 Å². The monoisotopic (exact) mass is 781 g/mol. The molecule has 3 aliphatic heterocycles. The molecule has 6 rings (SSSR count). The normalized spacial score (nSPS) is 43.2. The highest BCUT2D eigenvalue weighted by atomic mass is 16.7. The smallest absolute Gasteiger partial charge is 0.307 e. The molecule has 56 heavy (non-hydrogen) atoms. The molecule has 3 saturated heterocycles. The van der Waals surface area contributed by atoms with Gasteiger partial charge >= 0.3 is 5.97 Å². The number of esters is 1. The summed E-state index contributed by atoms with van der Waals surface area (Å²) in [4.78, 5) is 30.7. The van der Waals surface area contributed by atoms with Gasteiger partial charge in [0.25, 0.3) is 0 Å². The summed E-state index contributed by atoms with van der Waals surface area (Å²) in [6.45, 7) is 10.5. The van der Waals surface area contributed by atoms with Crippen molar-refractivity contribution >= 4 is 11.8 Å². The third-order valence-electron chi connectivity index (χ3n) is 13.3. The van der Waals surface area contributed by atoms with Gasteiger partial charge in [-0.05, 0) is 122 Å². The summed E-state index contributed by atoms with van der Waals surface area (Å²) < 4.78 is 49.9. The van der Waals surface area contributed by atoms with Gasteiger partial charge in [0.2, 0.25) is 0 Å². The fourth-order valence-corrected chi connectivity index (χ4v) is 10.5. The van der Waals surface area contributed by atoms with E-state index in [1.54, 1.807) is 7.11 Å². The Bertz CT molecular complexity index is 1470. The zero-order valence-electron chi connectivity index (χ0n) is 34.9. The maximum absolute atomic E-state index is 14.8. The molecule has 0 aromatic rings. The van der Waals surface area contributed by atoms with Crippen molar-refractivity contribution in [3.05, 3.63) is 36.0 Å². The number of ketones is 1. The molecule has 4 fully saturated rings. The van der Waals surface area contributed by atoms with E-state index in [1.807, 2.05) is 26.8 Å². The summed E-state index contributed by atoms with van der Waals surface area (Å²) in [5.41, 5.74) is 0.738. The number of carbonyl (C=O) groups is 2. The van der Waals surface area contributed by atoms with E-state index in [-0.39, 0.29) is 84.6 Å². The Morgan fingerprint density at radius 1 is 0.946 bits per heavy atom. The second-order valence-corrected chi connectivity index (χ2v) is 17.1. The second-order valence-electron chi connectivity index (χ2n) is 17.1. The number of hydrogen-bond acceptors (Lipinski definition) is 11. The maximum atomic E-state index is 14.8. The lowest BCUT2D eigenvalue weighted by atomic mass is 9.70. The minimum absolute atomic E-state index is 0.00724. The van der Waals surface area contributed by atoms with Gasteiger partial charge in [0.1, 0.15) is 24.4 Å². The van der Waals surface area contributed by atoms with Crippen LogP contribution in [-0.4, -0.2) is 112 Å². The predicted molar refractivity (Wildman–Crippen MR) is 211 cm³/mol. The Balaban J connectivity index is 1.22. The minimum Gasteiger partial charge on any atom is -0.458 e. The van der Waals surface area contributed by atoms with E-state index in [4.69, 9.17) is 44.3 Å². The molecule has 312 valence electrons. The van der Waals surface area contributed by atoms with Crippen LogP contribution in [0.15, 0.2) is 36.0 Å². The van der Waals surface area contributed by atoms with Crippen LogP contribution in [0.3, 0.4) is 0 Å². The highest BCUT2D eigenvalue weighted by Crippen LogP contribution is 2.54. The number of cyclic esters (lactones) is 1. The first kappa shape index (κ1) is 43.0. The maximum Gasteiger partial charge on any atom is 0.307 e. The summed E-state index contributed by atoms with van der Waals surface area (Å²) in [7, 11) is 5.79. The molecular formula is C45H67NO10. The molecule has 17 atom stereocenters. The highest BCUT2D eigenvalue weighted by Gasteiger charge is 2.53. The molecule has 0 aromatic carbocycles. The van der Waals surface area contributed by atoms with Crippen LogP contribution in [0.4, 0.5) is 0 Å². The third-order valence-corrected chi connectivity index (χ3v) is 13.3. The minimum atomic E-state index is -0.667. The number of allylic oxidation sites excluding steroid dienone is 5. The van der Waals surface area contributed by atoms with Gasteiger partial charge in [-0.25, -0.2) is 0 Å². The van der Waals surface area contributed by atoms with Crippen LogP contribution in [0.25, 0.3) is 0 Å². The van der Waals surface area contributed by atoms with Crippen molar-refractivity contribution in [1.82, 2.24) is 4.90 Å². The van der Waals surface area contributed by atoms with Gasteiger partial charge in [-0.2, -0.15) is 0 Å². The predicted octanol–water partition coefficient (Wildman–Crippen LogP) is 6.39. The van der Waals surface area contributed by atoms with Crippen molar-refractivity contribution < 1.29 is 47.5 Å². The summed E-state index contributed by atoms with van der Waals surface area (Å²) in [6.07, 6.45) is 21.5. The lowest BCUT2D eigenvalue weighted by molar-refractivity contribution is -0.313. The van der Waals surface area contributed by atoms with Crippen molar-refractivity contribution in [3.8, 4) is 12.5 Å². The van der Waals surface area contributed by atoms with E-state index >= 15 is 0 Å². The van der Waals surface area contributed by atoms with E-state index in [0.717, 1.165) is 44.1 Å². The first-order valence-electron chi connectivity index (χ1n) is 21.3. The Hall–Kier alpha value is -2.56. The zero-order valence-corrected chi connectivity index (χ0v) is 34.9. The summed E-state index contributed by atoms with van der Waals surface area (Å²) in [5, 5.41) is 0. The van der Waals surface area contributed by atoms with Crippen LogP contribution in [0.5, 0.6) is 0 Å². The van der Waals surface area contributed by atoms with Gasteiger partial charge in [-0.1, -0.05) is 44.6 Å². The van der Waals surface area contributed by atoms with Gasteiger partial charge in [0, 0.05) is 31.6 Å². The highest BCUT2D eigenvalue weighted by molar-refractivity contribution is 5.99. The first-order chi connectivity index (χ1) is 27.0. The number of fused-ring (bicyclic) bond motifs is 5. The molecule has 0 aromatic heterocycles. The molecule has 0 radical (unpaired) electrons. The zero-order chi connectivity index (χ0) is 40.1. The standard InChI is InChI=1S/C45H67NO10/c1-10-13-15-30-16-14-17-38(56-40-21-20-37(46(7)8)27(5)52-40)26(4)41(48)36-24-34-32(35(36)25-39(47)54-30)19-18-29-22-31(23-33(29)34)55-45-44(49-9)43(51-12-3)42(50-11-2)28(6)53-45/h2,13,15,18-19,24,26-35,37-38,40,42-45H,10,12,14,16-17,20-23,25H2,1,3-9H3/b15-13+/t26-,27-,28+,29?,30+,31-,32?,33?,34?,35?,37+,38+,40?,42+,43-,44-,45+/m1/s1. The summed E-state index contributed by atoms with van der Waals surface area (Å²) >= 11 is 0. The average Bonchev–Trinajstić information content (AvgIpc) is 3.74. The Labute approximate surface area is 335 Å². The molecule has 0 amide bonds. The van der Waals surface area contributed by atoms with Crippen molar-refractivity contribution in [1.29, 1.82) is 0 Å². The van der Waals surface area contributed by atoms with Crippen LogP contribution in [-0.2, 0) is 47.5 Å². The molecule has 0 N–H and O–H groups in total.